The Labute approximate surface area is 87.8 Å². The van der Waals surface area contributed by atoms with E-state index in [-0.39, 0.29) is 11.3 Å². The molecule has 0 aromatic carbocycles. The van der Waals surface area contributed by atoms with Crippen molar-refractivity contribution in [3.05, 3.63) is 0 Å². The molecule has 0 unspecified atom stereocenters. The average molecular weight is 223 g/mol. The fourth-order valence-corrected chi connectivity index (χ4v) is 2.57. The molecule has 78 valence electrons. The van der Waals surface area contributed by atoms with Gasteiger partial charge in [-0.15, -0.1) is 0 Å². The largest absolute Gasteiger partial charge is 0.480 e. The van der Waals surface area contributed by atoms with Crippen LogP contribution in [-0.2, 0) is 4.79 Å². The Balaban J connectivity index is 3.79. The van der Waals surface area contributed by atoms with E-state index < -0.39 is 5.97 Å². The van der Waals surface area contributed by atoms with Gasteiger partial charge in [-0.1, -0.05) is 38.5 Å². The Bertz CT molecular complexity index is 168. The van der Waals surface area contributed by atoms with Crippen LogP contribution in [0.15, 0.2) is 0 Å². The minimum atomic E-state index is -0.774. The van der Waals surface area contributed by atoms with Gasteiger partial charge >= 0.3 is 5.97 Å². The molecular formula is C8H17NO2S2. The van der Waals surface area contributed by atoms with Gasteiger partial charge in [0.15, 0.2) is 0 Å². The summed E-state index contributed by atoms with van der Waals surface area (Å²) in [5.74, 6) is -0.774. The van der Waals surface area contributed by atoms with Crippen LogP contribution in [0.5, 0.6) is 0 Å². The summed E-state index contributed by atoms with van der Waals surface area (Å²) in [5, 5.41) is 8.58. The van der Waals surface area contributed by atoms with E-state index in [2.05, 4.69) is 20.8 Å². The summed E-state index contributed by atoms with van der Waals surface area (Å²) in [6.45, 7) is 9.14. The smallest absolute Gasteiger partial charge is 0.318 e. The first kappa shape index (κ1) is 13.1. The number of hydrogen-bond acceptors (Lipinski definition) is 4. The standard InChI is InChI=1S/C8H17NO2S2/c1-5-9(6-7(10)11)13-12-8(2,3)4/h5-6H2,1-4H3,(H,10,11). The molecule has 13 heavy (non-hydrogen) atoms. The molecule has 0 atom stereocenters. The Hall–Kier alpha value is 0.130. The minimum Gasteiger partial charge on any atom is -0.480 e. The van der Waals surface area contributed by atoms with Crippen molar-refractivity contribution < 1.29 is 9.90 Å². The zero-order chi connectivity index (χ0) is 10.5. The van der Waals surface area contributed by atoms with E-state index in [1.807, 2.05) is 11.2 Å². The van der Waals surface area contributed by atoms with Crippen molar-refractivity contribution in [2.75, 3.05) is 13.1 Å². The molecule has 0 spiro atoms. The first-order valence-corrected chi connectivity index (χ1v) is 6.28. The highest BCUT2D eigenvalue weighted by molar-refractivity contribution is 8.76. The van der Waals surface area contributed by atoms with E-state index in [4.69, 9.17) is 5.11 Å². The number of likely N-dealkylation sites (N-methyl/N-ethyl adjacent to an activating group) is 1. The third-order valence-corrected chi connectivity index (χ3v) is 4.59. The molecule has 0 heterocycles. The lowest BCUT2D eigenvalue weighted by molar-refractivity contribution is -0.137. The first-order valence-electron chi connectivity index (χ1n) is 4.17. The van der Waals surface area contributed by atoms with Crippen molar-refractivity contribution in [3.63, 3.8) is 0 Å². The highest BCUT2D eigenvalue weighted by atomic mass is 33.1. The molecule has 0 aliphatic carbocycles. The maximum Gasteiger partial charge on any atom is 0.318 e. The van der Waals surface area contributed by atoms with Gasteiger partial charge in [-0.25, -0.2) is 4.31 Å². The highest BCUT2D eigenvalue weighted by Gasteiger charge is 2.15. The van der Waals surface area contributed by atoms with Crippen LogP contribution < -0.4 is 0 Å². The van der Waals surface area contributed by atoms with Gasteiger partial charge in [-0.2, -0.15) is 0 Å². The fraction of sp³-hybridized carbons (Fsp3) is 0.875. The average Bonchev–Trinajstić information content (AvgIpc) is 1.95. The van der Waals surface area contributed by atoms with Crippen molar-refractivity contribution in [2.24, 2.45) is 0 Å². The van der Waals surface area contributed by atoms with Crippen LogP contribution in [0.25, 0.3) is 0 Å². The molecule has 0 bridgehead atoms. The molecule has 5 heteroatoms. The summed E-state index contributed by atoms with van der Waals surface area (Å²) in [5.41, 5.74) is 0. The quantitative estimate of drug-likeness (QED) is 0.573. The molecule has 1 N–H and O–H groups in total. The van der Waals surface area contributed by atoms with Crippen molar-refractivity contribution in [1.29, 1.82) is 0 Å². The van der Waals surface area contributed by atoms with Crippen LogP contribution in [0, 0.1) is 0 Å². The zero-order valence-electron chi connectivity index (χ0n) is 8.53. The maximum atomic E-state index is 10.4. The minimum absolute atomic E-state index is 0.101. The number of carbonyl (C=O) groups is 1. The number of hydrogen-bond donors (Lipinski definition) is 1. The highest BCUT2D eigenvalue weighted by Crippen LogP contribution is 2.36. The van der Waals surface area contributed by atoms with Crippen molar-refractivity contribution in [1.82, 2.24) is 4.31 Å². The van der Waals surface area contributed by atoms with E-state index in [1.165, 1.54) is 11.0 Å². The van der Waals surface area contributed by atoms with Gasteiger partial charge in [0.25, 0.3) is 0 Å². The normalized spacial score (nSPS) is 12.1. The van der Waals surface area contributed by atoms with Crippen LogP contribution in [0.2, 0.25) is 0 Å². The van der Waals surface area contributed by atoms with Crippen LogP contribution >= 0.6 is 21.8 Å². The molecule has 0 fully saturated rings. The summed E-state index contributed by atoms with van der Waals surface area (Å²) < 4.78 is 1.99. The lowest BCUT2D eigenvalue weighted by Crippen LogP contribution is -2.23. The second-order valence-electron chi connectivity index (χ2n) is 3.62. The van der Waals surface area contributed by atoms with Crippen molar-refractivity contribution in [2.45, 2.75) is 32.4 Å². The van der Waals surface area contributed by atoms with E-state index in [1.54, 1.807) is 10.8 Å². The number of aliphatic carboxylic acids is 1. The lowest BCUT2D eigenvalue weighted by atomic mass is 10.3. The van der Waals surface area contributed by atoms with E-state index in [0.29, 0.717) is 0 Å². The maximum absolute atomic E-state index is 10.4. The van der Waals surface area contributed by atoms with Crippen LogP contribution in [0.4, 0.5) is 0 Å². The van der Waals surface area contributed by atoms with E-state index >= 15 is 0 Å². The molecule has 0 radical (unpaired) electrons. The summed E-state index contributed by atoms with van der Waals surface area (Å²) in [4.78, 5) is 10.4. The monoisotopic (exact) mass is 223 g/mol. The predicted octanol–water partition coefficient (Wildman–Crippen LogP) is 2.49. The number of carboxylic acid groups (broad SMARTS) is 1. The fourth-order valence-electron chi connectivity index (χ4n) is 0.506. The molecule has 0 aliphatic rings. The molecule has 0 aromatic rings. The SMILES string of the molecule is CCN(CC(=O)O)SSC(C)(C)C. The van der Waals surface area contributed by atoms with Gasteiger partial charge in [0.1, 0.15) is 6.54 Å². The van der Waals surface area contributed by atoms with Gasteiger partial charge in [-0.05, 0) is 11.0 Å². The third kappa shape index (κ3) is 8.46. The molecule has 3 nitrogen and oxygen atoms in total. The molecule has 0 saturated heterocycles. The molecule has 0 rings (SSSR count). The Morgan fingerprint density at radius 1 is 1.46 bits per heavy atom. The molecule has 0 aliphatic heterocycles. The number of carboxylic acids is 1. The summed E-state index contributed by atoms with van der Waals surface area (Å²) in [7, 11) is 3.21. The Kier molecular flexibility index (Phi) is 5.83. The zero-order valence-corrected chi connectivity index (χ0v) is 10.2. The third-order valence-electron chi connectivity index (χ3n) is 1.06. The molecule has 0 amide bonds. The predicted molar refractivity (Wildman–Crippen MR) is 59.8 cm³/mol. The Morgan fingerprint density at radius 2 is 2.00 bits per heavy atom. The summed E-state index contributed by atoms with van der Waals surface area (Å²) in [6, 6.07) is 0. The molecular weight excluding hydrogens is 206 g/mol. The lowest BCUT2D eigenvalue weighted by Gasteiger charge is -2.22. The van der Waals surface area contributed by atoms with Crippen LogP contribution in [-0.4, -0.2) is 33.2 Å². The number of nitrogens with zero attached hydrogens (tertiary/aromatic N) is 1. The second-order valence-corrected chi connectivity index (χ2v) is 6.62. The topological polar surface area (TPSA) is 40.5 Å². The van der Waals surface area contributed by atoms with Gasteiger partial charge in [0.2, 0.25) is 0 Å². The van der Waals surface area contributed by atoms with Gasteiger partial charge < -0.3 is 5.11 Å². The van der Waals surface area contributed by atoms with E-state index in [9.17, 15) is 4.79 Å². The van der Waals surface area contributed by atoms with Crippen molar-refractivity contribution >= 4 is 27.7 Å². The summed E-state index contributed by atoms with van der Waals surface area (Å²) >= 11 is 0. The van der Waals surface area contributed by atoms with Gasteiger partial charge in [-0.3, -0.25) is 4.79 Å². The second kappa shape index (κ2) is 5.78. The van der Waals surface area contributed by atoms with Gasteiger partial charge in [0, 0.05) is 11.3 Å². The molecule has 0 saturated carbocycles. The number of rotatable bonds is 5. The molecule has 0 aromatic heterocycles. The van der Waals surface area contributed by atoms with Crippen LogP contribution in [0.1, 0.15) is 27.7 Å². The van der Waals surface area contributed by atoms with Crippen LogP contribution in [0.3, 0.4) is 0 Å². The van der Waals surface area contributed by atoms with Gasteiger partial charge in [0.05, 0.1) is 0 Å². The Morgan fingerprint density at radius 3 is 2.31 bits per heavy atom. The first-order chi connectivity index (χ1) is 5.85. The van der Waals surface area contributed by atoms with Crippen molar-refractivity contribution in [3.8, 4) is 0 Å². The van der Waals surface area contributed by atoms with E-state index in [0.717, 1.165) is 6.54 Å². The summed E-state index contributed by atoms with van der Waals surface area (Å²) in [6.07, 6.45) is 0.